The van der Waals surface area contributed by atoms with Gasteiger partial charge >= 0.3 is 0 Å². The smallest absolute Gasteiger partial charge is 0.282 e. The summed E-state index contributed by atoms with van der Waals surface area (Å²) in [6.07, 6.45) is -1.03. The van der Waals surface area contributed by atoms with Crippen LogP contribution in [0.15, 0.2) is 30.6 Å². The van der Waals surface area contributed by atoms with E-state index in [1.165, 1.54) is 28.9 Å². The van der Waals surface area contributed by atoms with Crippen LogP contribution in [-0.2, 0) is 9.59 Å². The lowest BCUT2D eigenvalue weighted by Gasteiger charge is -2.35. The van der Waals surface area contributed by atoms with Gasteiger partial charge in [0, 0.05) is 26.2 Å². The quantitative estimate of drug-likeness (QED) is 0.785. The minimum atomic E-state index is -1.16. The fourth-order valence-electron chi connectivity index (χ4n) is 2.37. The molecule has 2 rings (SSSR count). The van der Waals surface area contributed by atoms with Crippen molar-refractivity contribution in [3.8, 4) is 5.75 Å². The van der Waals surface area contributed by atoms with E-state index in [-0.39, 0.29) is 31.9 Å². The van der Waals surface area contributed by atoms with Crippen LogP contribution in [0.25, 0.3) is 0 Å². The minimum absolute atomic E-state index is 0.161. The molecule has 0 bridgehead atoms. The van der Waals surface area contributed by atoms with Gasteiger partial charge in [-0.25, -0.2) is 8.78 Å². The van der Waals surface area contributed by atoms with Crippen LogP contribution in [0.3, 0.4) is 0 Å². The van der Waals surface area contributed by atoms with E-state index in [2.05, 4.69) is 6.58 Å². The van der Waals surface area contributed by atoms with Crippen molar-refractivity contribution in [1.29, 1.82) is 0 Å². The topological polar surface area (TPSA) is 49.9 Å². The lowest BCUT2D eigenvalue weighted by Crippen LogP contribution is -2.53. The molecule has 1 aliphatic rings. The van der Waals surface area contributed by atoms with E-state index >= 15 is 0 Å². The van der Waals surface area contributed by atoms with Gasteiger partial charge in [0.15, 0.2) is 23.5 Å². The molecule has 1 heterocycles. The molecule has 0 radical (unpaired) electrons. The first-order chi connectivity index (χ1) is 11.3. The molecule has 0 aromatic heterocycles. The number of ether oxygens (including phenoxy) is 1. The largest absolute Gasteiger partial charge is 0.478 e. The van der Waals surface area contributed by atoms with Crippen molar-refractivity contribution in [2.45, 2.75) is 13.0 Å². The summed E-state index contributed by atoms with van der Waals surface area (Å²) in [5.74, 6) is -4.84. The highest BCUT2D eigenvalue weighted by molar-refractivity contribution is 5.90. The molecule has 0 N–H and O–H groups in total. The molecule has 2 amide bonds. The first-order valence-electron chi connectivity index (χ1n) is 7.34. The minimum Gasteiger partial charge on any atom is -0.478 e. The van der Waals surface area contributed by atoms with Gasteiger partial charge in [-0.1, -0.05) is 12.6 Å². The van der Waals surface area contributed by atoms with Crippen molar-refractivity contribution in [3.63, 3.8) is 0 Å². The maximum atomic E-state index is 13.6. The molecular formula is C16H17F3N2O3. The first kappa shape index (κ1) is 17.8. The van der Waals surface area contributed by atoms with Crippen molar-refractivity contribution in [2.75, 3.05) is 26.2 Å². The third kappa shape index (κ3) is 3.87. The average Bonchev–Trinajstić information content (AvgIpc) is 2.57. The Morgan fingerprint density at radius 1 is 1.17 bits per heavy atom. The summed E-state index contributed by atoms with van der Waals surface area (Å²) in [6.45, 7) is 5.08. The second kappa shape index (κ2) is 7.37. The lowest BCUT2D eigenvalue weighted by atomic mass is 10.2. The monoisotopic (exact) mass is 342 g/mol. The maximum Gasteiger partial charge on any atom is 0.282 e. The van der Waals surface area contributed by atoms with Gasteiger partial charge in [0.2, 0.25) is 5.82 Å². The van der Waals surface area contributed by atoms with Gasteiger partial charge in [-0.2, -0.15) is 4.39 Å². The molecule has 0 spiro atoms. The van der Waals surface area contributed by atoms with Crippen LogP contribution < -0.4 is 4.74 Å². The van der Waals surface area contributed by atoms with Crippen molar-refractivity contribution >= 4 is 11.8 Å². The average molecular weight is 342 g/mol. The Labute approximate surface area is 137 Å². The van der Waals surface area contributed by atoms with Gasteiger partial charge in [-0.05, 0) is 19.1 Å². The van der Waals surface area contributed by atoms with Crippen molar-refractivity contribution < 1.29 is 27.5 Å². The maximum absolute atomic E-state index is 13.6. The highest BCUT2D eigenvalue weighted by Crippen LogP contribution is 2.21. The molecule has 1 atom stereocenters. The highest BCUT2D eigenvalue weighted by atomic mass is 19.2. The number of hydrogen-bond donors (Lipinski definition) is 0. The predicted octanol–water partition coefficient (Wildman–Crippen LogP) is 1.89. The second-order valence-corrected chi connectivity index (χ2v) is 5.33. The molecule has 1 aliphatic heterocycles. The standard InChI is InChI=1S/C16H17F3N2O3/c1-10(17)15(22)20-6-8-21(9-7-20)16(23)11(2)24-13-5-3-4-12(18)14(13)19/h3-5,11H,1,6-9H2,2H3. The Balaban J connectivity index is 1.94. The Kier molecular flexibility index (Phi) is 5.48. The summed E-state index contributed by atoms with van der Waals surface area (Å²) in [4.78, 5) is 26.4. The molecule has 5 nitrogen and oxygen atoms in total. The zero-order valence-electron chi connectivity index (χ0n) is 13.1. The molecule has 0 saturated carbocycles. The Hall–Kier alpha value is -2.51. The number of carbonyl (C=O) groups excluding carboxylic acids is 2. The second-order valence-electron chi connectivity index (χ2n) is 5.33. The first-order valence-corrected chi connectivity index (χ1v) is 7.34. The summed E-state index contributed by atoms with van der Waals surface area (Å²) in [5.41, 5.74) is 0. The summed E-state index contributed by atoms with van der Waals surface area (Å²) in [6, 6.07) is 3.45. The number of rotatable bonds is 4. The third-order valence-electron chi connectivity index (χ3n) is 3.68. The van der Waals surface area contributed by atoms with E-state index in [0.29, 0.717) is 0 Å². The van der Waals surface area contributed by atoms with Gasteiger partial charge in [-0.15, -0.1) is 0 Å². The fraction of sp³-hybridized carbons (Fsp3) is 0.375. The van der Waals surface area contributed by atoms with E-state index in [1.807, 2.05) is 0 Å². The molecule has 0 aliphatic carbocycles. The third-order valence-corrected chi connectivity index (χ3v) is 3.68. The molecular weight excluding hydrogens is 325 g/mol. The Morgan fingerprint density at radius 2 is 1.75 bits per heavy atom. The molecule has 1 saturated heterocycles. The van der Waals surface area contributed by atoms with Crippen LogP contribution in [-0.4, -0.2) is 53.9 Å². The van der Waals surface area contributed by atoms with Crippen LogP contribution >= 0.6 is 0 Å². The van der Waals surface area contributed by atoms with Crippen LogP contribution in [0.2, 0.25) is 0 Å². The van der Waals surface area contributed by atoms with Crippen LogP contribution in [0.4, 0.5) is 13.2 Å². The lowest BCUT2D eigenvalue weighted by molar-refractivity contribution is -0.143. The van der Waals surface area contributed by atoms with Gasteiger partial charge in [0.25, 0.3) is 11.8 Å². The van der Waals surface area contributed by atoms with Gasteiger partial charge in [0.1, 0.15) is 0 Å². The number of nitrogens with zero attached hydrogens (tertiary/aromatic N) is 2. The summed E-state index contributed by atoms with van der Waals surface area (Å²) in [7, 11) is 0. The normalized spacial score (nSPS) is 15.8. The predicted molar refractivity (Wildman–Crippen MR) is 79.9 cm³/mol. The number of benzene rings is 1. The van der Waals surface area contributed by atoms with Gasteiger partial charge in [-0.3, -0.25) is 9.59 Å². The van der Waals surface area contributed by atoms with Crippen molar-refractivity contribution in [2.24, 2.45) is 0 Å². The number of amides is 2. The van der Waals surface area contributed by atoms with Crippen LogP contribution in [0.1, 0.15) is 6.92 Å². The van der Waals surface area contributed by atoms with Gasteiger partial charge in [0.05, 0.1) is 0 Å². The van der Waals surface area contributed by atoms with E-state index in [4.69, 9.17) is 4.74 Å². The summed E-state index contributed by atoms with van der Waals surface area (Å²) >= 11 is 0. The summed E-state index contributed by atoms with van der Waals surface area (Å²) in [5, 5.41) is 0. The molecule has 1 fully saturated rings. The fourth-order valence-corrected chi connectivity index (χ4v) is 2.37. The SMILES string of the molecule is C=C(F)C(=O)N1CCN(C(=O)C(C)Oc2cccc(F)c2F)CC1. The number of halogens is 3. The van der Waals surface area contributed by atoms with Crippen LogP contribution in [0.5, 0.6) is 5.75 Å². The molecule has 8 heteroatoms. The highest BCUT2D eigenvalue weighted by Gasteiger charge is 2.29. The van der Waals surface area contributed by atoms with Gasteiger partial charge < -0.3 is 14.5 Å². The summed E-state index contributed by atoms with van der Waals surface area (Å²) < 4.78 is 44.7. The molecule has 1 aromatic carbocycles. The number of carbonyl (C=O) groups is 2. The Bertz CT molecular complexity index is 658. The van der Waals surface area contributed by atoms with E-state index in [1.54, 1.807) is 0 Å². The van der Waals surface area contributed by atoms with Crippen molar-refractivity contribution in [3.05, 3.63) is 42.2 Å². The number of piperazine rings is 1. The molecule has 24 heavy (non-hydrogen) atoms. The molecule has 1 unspecified atom stereocenters. The van der Waals surface area contributed by atoms with E-state index in [9.17, 15) is 22.8 Å². The van der Waals surface area contributed by atoms with E-state index in [0.717, 1.165) is 6.07 Å². The van der Waals surface area contributed by atoms with Crippen LogP contribution in [0, 0.1) is 11.6 Å². The van der Waals surface area contributed by atoms with E-state index < -0.39 is 35.4 Å². The zero-order valence-corrected chi connectivity index (χ0v) is 13.1. The molecule has 1 aromatic rings. The van der Waals surface area contributed by atoms with Crippen molar-refractivity contribution in [1.82, 2.24) is 9.80 Å². The molecule has 130 valence electrons. The zero-order chi connectivity index (χ0) is 17.9. The number of hydrogen-bond acceptors (Lipinski definition) is 3. The Morgan fingerprint density at radius 3 is 2.33 bits per heavy atom.